The fourth-order valence-electron chi connectivity index (χ4n) is 1.70. The van der Waals surface area contributed by atoms with Crippen molar-refractivity contribution >= 4 is 0 Å². The van der Waals surface area contributed by atoms with Gasteiger partial charge in [-0.25, -0.2) is 0 Å². The lowest BCUT2D eigenvalue weighted by molar-refractivity contribution is 0.222. The molecule has 15 heavy (non-hydrogen) atoms. The minimum absolute atomic E-state index is 0.585. The topological polar surface area (TPSA) is 16.1 Å². The van der Waals surface area contributed by atoms with Crippen LogP contribution >= 0.6 is 0 Å². The van der Waals surface area contributed by atoms with Crippen molar-refractivity contribution in [2.75, 3.05) is 6.54 Å². The molecule has 0 aliphatic rings. The van der Waals surface area contributed by atoms with Gasteiger partial charge in [0.1, 0.15) is 0 Å². The van der Waals surface area contributed by atoms with E-state index >= 15 is 0 Å². The fourth-order valence-corrected chi connectivity index (χ4v) is 1.70. The molecule has 0 unspecified atom stereocenters. The Bertz CT molecular complexity index is 294. The van der Waals surface area contributed by atoms with E-state index in [0.29, 0.717) is 6.04 Å². The monoisotopic (exact) mass is 206 g/mol. The third-order valence-corrected chi connectivity index (χ3v) is 2.79. The second-order valence-electron chi connectivity index (χ2n) is 4.17. The largest absolute Gasteiger partial charge is 0.295 e. The Hall–Kier alpha value is -0.890. The summed E-state index contributed by atoms with van der Waals surface area (Å²) in [5.41, 5.74) is 2.56. The minimum Gasteiger partial charge on any atom is -0.295 e. The van der Waals surface area contributed by atoms with Crippen molar-refractivity contribution in [2.24, 2.45) is 0 Å². The van der Waals surface area contributed by atoms with E-state index in [-0.39, 0.29) is 0 Å². The van der Waals surface area contributed by atoms with Crippen LogP contribution in [0.2, 0.25) is 0 Å². The van der Waals surface area contributed by atoms with E-state index in [1.165, 1.54) is 11.3 Å². The highest BCUT2D eigenvalue weighted by Crippen LogP contribution is 2.08. The summed E-state index contributed by atoms with van der Waals surface area (Å²) in [6, 6.07) is 4.89. The van der Waals surface area contributed by atoms with Crippen molar-refractivity contribution in [1.29, 1.82) is 0 Å². The lowest BCUT2D eigenvalue weighted by Crippen LogP contribution is -2.30. The van der Waals surface area contributed by atoms with Gasteiger partial charge in [-0.3, -0.25) is 9.88 Å². The first-order valence-corrected chi connectivity index (χ1v) is 5.85. The number of hydrogen-bond donors (Lipinski definition) is 0. The van der Waals surface area contributed by atoms with E-state index in [4.69, 9.17) is 0 Å². The zero-order chi connectivity index (χ0) is 11.3. The van der Waals surface area contributed by atoms with Crippen LogP contribution in [0.1, 0.15) is 39.0 Å². The Labute approximate surface area is 93.3 Å². The molecule has 0 aromatic carbocycles. The van der Waals surface area contributed by atoms with Gasteiger partial charge in [0.2, 0.25) is 0 Å². The highest BCUT2D eigenvalue weighted by molar-refractivity contribution is 5.16. The first-order valence-electron chi connectivity index (χ1n) is 5.85. The van der Waals surface area contributed by atoms with Gasteiger partial charge in [0.15, 0.2) is 0 Å². The molecule has 2 nitrogen and oxygen atoms in total. The average molecular weight is 206 g/mol. The van der Waals surface area contributed by atoms with E-state index < -0.39 is 0 Å². The van der Waals surface area contributed by atoms with Crippen LogP contribution in [0.3, 0.4) is 0 Å². The predicted molar refractivity (Wildman–Crippen MR) is 64.8 cm³/mol. The third kappa shape index (κ3) is 3.63. The Balaban J connectivity index is 2.70. The lowest BCUT2D eigenvalue weighted by atomic mass is 10.1. The summed E-state index contributed by atoms with van der Waals surface area (Å²) in [5, 5.41) is 0. The Morgan fingerprint density at radius 2 is 2.07 bits per heavy atom. The van der Waals surface area contributed by atoms with Gasteiger partial charge in [-0.2, -0.15) is 0 Å². The number of pyridine rings is 1. The van der Waals surface area contributed by atoms with Crippen molar-refractivity contribution in [3.8, 4) is 0 Å². The normalized spacial score (nSPS) is 11.3. The summed E-state index contributed by atoms with van der Waals surface area (Å²) < 4.78 is 0. The molecule has 0 aliphatic carbocycles. The maximum atomic E-state index is 4.42. The van der Waals surface area contributed by atoms with E-state index in [0.717, 1.165) is 19.5 Å². The van der Waals surface area contributed by atoms with Crippen molar-refractivity contribution in [1.82, 2.24) is 9.88 Å². The molecule has 0 N–H and O–H groups in total. The summed E-state index contributed by atoms with van der Waals surface area (Å²) in [4.78, 5) is 6.83. The van der Waals surface area contributed by atoms with Crippen molar-refractivity contribution in [2.45, 2.75) is 46.7 Å². The second-order valence-corrected chi connectivity index (χ2v) is 4.17. The number of aromatic nitrogens is 1. The molecule has 1 aromatic heterocycles. The smallest absolute Gasteiger partial charge is 0.0546 e. The minimum atomic E-state index is 0.585. The molecule has 0 aliphatic heterocycles. The van der Waals surface area contributed by atoms with Gasteiger partial charge >= 0.3 is 0 Å². The first-order chi connectivity index (χ1) is 7.17. The number of rotatable bonds is 5. The SMILES string of the molecule is CCc1ccnc(CN(CC)C(C)C)c1. The molecule has 0 saturated heterocycles. The summed E-state index contributed by atoms with van der Waals surface area (Å²) in [6.07, 6.45) is 3.01. The Morgan fingerprint density at radius 3 is 2.60 bits per heavy atom. The fraction of sp³-hybridized carbons (Fsp3) is 0.615. The van der Waals surface area contributed by atoms with Crippen molar-refractivity contribution in [3.63, 3.8) is 0 Å². The van der Waals surface area contributed by atoms with E-state index in [9.17, 15) is 0 Å². The standard InChI is InChI=1S/C13H22N2/c1-5-12-7-8-14-13(9-12)10-15(6-2)11(3)4/h7-9,11H,5-6,10H2,1-4H3. The molecule has 0 amide bonds. The van der Waals surface area contributed by atoms with Crippen LogP contribution in [-0.4, -0.2) is 22.5 Å². The maximum absolute atomic E-state index is 4.42. The molecule has 0 bridgehead atoms. The Morgan fingerprint density at radius 1 is 1.33 bits per heavy atom. The zero-order valence-corrected chi connectivity index (χ0v) is 10.3. The predicted octanol–water partition coefficient (Wildman–Crippen LogP) is 2.87. The number of hydrogen-bond acceptors (Lipinski definition) is 2. The highest BCUT2D eigenvalue weighted by Gasteiger charge is 2.08. The molecule has 0 radical (unpaired) electrons. The van der Waals surface area contributed by atoms with Crippen LogP contribution in [0, 0.1) is 0 Å². The molecule has 0 atom stereocenters. The highest BCUT2D eigenvalue weighted by atomic mass is 15.1. The molecule has 84 valence electrons. The number of aryl methyl sites for hydroxylation is 1. The van der Waals surface area contributed by atoms with Crippen LogP contribution < -0.4 is 0 Å². The van der Waals surface area contributed by atoms with Crippen LogP contribution in [-0.2, 0) is 13.0 Å². The number of nitrogens with zero attached hydrogens (tertiary/aromatic N) is 2. The van der Waals surface area contributed by atoms with Gasteiger partial charge in [0, 0.05) is 18.8 Å². The van der Waals surface area contributed by atoms with Crippen LogP contribution in [0.4, 0.5) is 0 Å². The maximum Gasteiger partial charge on any atom is 0.0546 e. The third-order valence-electron chi connectivity index (χ3n) is 2.79. The van der Waals surface area contributed by atoms with Crippen molar-refractivity contribution < 1.29 is 0 Å². The van der Waals surface area contributed by atoms with Crippen LogP contribution in [0.15, 0.2) is 18.3 Å². The van der Waals surface area contributed by atoms with E-state index in [2.05, 4.69) is 49.7 Å². The van der Waals surface area contributed by atoms with Gasteiger partial charge in [0.05, 0.1) is 5.69 Å². The van der Waals surface area contributed by atoms with Gasteiger partial charge in [-0.15, -0.1) is 0 Å². The molecular weight excluding hydrogens is 184 g/mol. The zero-order valence-electron chi connectivity index (χ0n) is 10.3. The molecule has 2 heteroatoms. The first kappa shape index (κ1) is 12.2. The summed E-state index contributed by atoms with van der Waals surface area (Å²) in [6.45, 7) is 10.9. The van der Waals surface area contributed by atoms with Gasteiger partial charge in [-0.1, -0.05) is 13.8 Å². The van der Waals surface area contributed by atoms with Crippen LogP contribution in [0.5, 0.6) is 0 Å². The van der Waals surface area contributed by atoms with Gasteiger partial charge in [0.25, 0.3) is 0 Å². The quantitative estimate of drug-likeness (QED) is 0.736. The molecule has 1 aromatic rings. The summed E-state index contributed by atoms with van der Waals surface area (Å²) >= 11 is 0. The van der Waals surface area contributed by atoms with E-state index in [1.807, 2.05) is 6.20 Å². The summed E-state index contributed by atoms with van der Waals surface area (Å²) in [7, 11) is 0. The van der Waals surface area contributed by atoms with Crippen LogP contribution in [0.25, 0.3) is 0 Å². The lowest BCUT2D eigenvalue weighted by Gasteiger charge is -2.24. The molecular formula is C13H22N2. The Kier molecular flexibility index (Phi) is 4.76. The van der Waals surface area contributed by atoms with E-state index in [1.54, 1.807) is 0 Å². The molecule has 1 rings (SSSR count). The average Bonchev–Trinajstić information content (AvgIpc) is 2.25. The molecule has 0 saturated carbocycles. The van der Waals surface area contributed by atoms with Gasteiger partial charge < -0.3 is 0 Å². The van der Waals surface area contributed by atoms with Crippen molar-refractivity contribution in [3.05, 3.63) is 29.6 Å². The molecule has 0 fully saturated rings. The second kappa shape index (κ2) is 5.86. The molecule has 0 spiro atoms. The summed E-state index contributed by atoms with van der Waals surface area (Å²) in [5.74, 6) is 0. The van der Waals surface area contributed by atoms with Gasteiger partial charge in [-0.05, 0) is 44.5 Å². The molecule has 1 heterocycles.